The molecule has 3 heteroatoms. The van der Waals surface area contributed by atoms with Gasteiger partial charge in [0, 0.05) is 12.7 Å². The van der Waals surface area contributed by atoms with Crippen LogP contribution in [0.25, 0.3) is 0 Å². The van der Waals surface area contributed by atoms with Gasteiger partial charge in [-0.3, -0.25) is 4.68 Å². The molecule has 0 bridgehead atoms. The first kappa shape index (κ1) is 13.2. The summed E-state index contributed by atoms with van der Waals surface area (Å²) in [4.78, 5) is 0. The second-order valence-electron chi connectivity index (χ2n) is 5.73. The van der Waals surface area contributed by atoms with Gasteiger partial charge < -0.3 is 5.32 Å². The Bertz CT molecular complexity index is 333. The van der Waals surface area contributed by atoms with E-state index >= 15 is 0 Å². The topological polar surface area (TPSA) is 29.9 Å². The van der Waals surface area contributed by atoms with Gasteiger partial charge in [0.1, 0.15) is 0 Å². The summed E-state index contributed by atoms with van der Waals surface area (Å²) in [6.45, 7) is 10.0. The van der Waals surface area contributed by atoms with Gasteiger partial charge >= 0.3 is 0 Å². The van der Waals surface area contributed by atoms with Crippen molar-refractivity contribution in [1.82, 2.24) is 15.1 Å². The van der Waals surface area contributed by atoms with E-state index in [0.29, 0.717) is 11.3 Å². The molecule has 1 aromatic heterocycles. The smallest absolute Gasteiger partial charge is 0.0596 e. The third kappa shape index (κ3) is 3.34. The highest BCUT2D eigenvalue weighted by atomic mass is 15.3. The summed E-state index contributed by atoms with van der Waals surface area (Å²) in [6, 6.07) is 2.19. The van der Waals surface area contributed by atoms with Gasteiger partial charge in [0.15, 0.2) is 0 Å². The molecule has 92 valence electrons. The van der Waals surface area contributed by atoms with Crippen molar-refractivity contribution in [1.29, 1.82) is 0 Å². The molecule has 1 atom stereocenters. The van der Waals surface area contributed by atoms with Crippen molar-refractivity contribution < 1.29 is 0 Å². The Morgan fingerprint density at radius 2 is 2.06 bits per heavy atom. The first-order valence-corrected chi connectivity index (χ1v) is 5.98. The van der Waals surface area contributed by atoms with Crippen LogP contribution in [0.5, 0.6) is 0 Å². The minimum atomic E-state index is 0.321. The van der Waals surface area contributed by atoms with Gasteiger partial charge in [0.25, 0.3) is 0 Å². The number of hydrogen-bond acceptors (Lipinski definition) is 2. The fourth-order valence-corrected chi connectivity index (χ4v) is 2.04. The minimum Gasteiger partial charge on any atom is -0.319 e. The average molecular weight is 223 g/mol. The van der Waals surface area contributed by atoms with Crippen LogP contribution in [0, 0.1) is 18.3 Å². The van der Waals surface area contributed by atoms with Gasteiger partial charge in [0.05, 0.1) is 5.69 Å². The minimum absolute atomic E-state index is 0.321. The molecule has 16 heavy (non-hydrogen) atoms. The molecule has 0 aliphatic carbocycles. The maximum Gasteiger partial charge on any atom is 0.0596 e. The van der Waals surface area contributed by atoms with Crippen LogP contribution in [0.2, 0.25) is 0 Å². The molecular weight excluding hydrogens is 198 g/mol. The number of hydrogen-bond donors (Lipinski definition) is 1. The van der Waals surface area contributed by atoms with E-state index in [9.17, 15) is 0 Å². The molecule has 0 aliphatic rings. The lowest BCUT2D eigenvalue weighted by Crippen LogP contribution is -2.32. The summed E-state index contributed by atoms with van der Waals surface area (Å²) in [7, 11) is 4.05. The Morgan fingerprint density at radius 1 is 1.44 bits per heavy atom. The van der Waals surface area contributed by atoms with Crippen LogP contribution >= 0.6 is 0 Å². The van der Waals surface area contributed by atoms with Crippen molar-refractivity contribution in [3.8, 4) is 0 Å². The highest BCUT2D eigenvalue weighted by Gasteiger charge is 2.25. The van der Waals surface area contributed by atoms with Crippen molar-refractivity contribution in [2.24, 2.45) is 18.4 Å². The van der Waals surface area contributed by atoms with Gasteiger partial charge in [-0.15, -0.1) is 0 Å². The standard InChI is InChI=1S/C13H25N3/c1-10-7-12(16(6)15-10)8-11(9-14-5)13(2,3)4/h7,11,14H,8-9H2,1-6H3. The molecule has 1 heterocycles. The molecule has 1 unspecified atom stereocenters. The van der Waals surface area contributed by atoms with E-state index in [-0.39, 0.29) is 0 Å². The van der Waals surface area contributed by atoms with Crippen molar-refractivity contribution in [3.63, 3.8) is 0 Å². The number of aromatic nitrogens is 2. The Kier molecular flexibility index (Phi) is 4.14. The van der Waals surface area contributed by atoms with Crippen LogP contribution in [0.4, 0.5) is 0 Å². The summed E-state index contributed by atoms with van der Waals surface area (Å²) in [6.07, 6.45) is 1.08. The Labute approximate surface area is 99.2 Å². The van der Waals surface area contributed by atoms with Crippen LogP contribution in [0.1, 0.15) is 32.2 Å². The summed E-state index contributed by atoms with van der Waals surface area (Å²) < 4.78 is 2.00. The van der Waals surface area contributed by atoms with Crippen molar-refractivity contribution >= 4 is 0 Å². The molecular formula is C13H25N3. The van der Waals surface area contributed by atoms with Crippen LogP contribution in [-0.2, 0) is 13.5 Å². The van der Waals surface area contributed by atoms with Gasteiger partial charge in [0.2, 0.25) is 0 Å². The highest BCUT2D eigenvalue weighted by Crippen LogP contribution is 2.28. The SMILES string of the molecule is CNCC(Cc1cc(C)nn1C)C(C)(C)C. The largest absolute Gasteiger partial charge is 0.319 e. The molecule has 0 aromatic carbocycles. The molecule has 1 N–H and O–H groups in total. The molecule has 0 aliphatic heterocycles. The molecule has 0 amide bonds. The van der Waals surface area contributed by atoms with E-state index < -0.39 is 0 Å². The van der Waals surface area contributed by atoms with E-state index in [1.807, 2.05) is 25.7 Å². The Hall–Kier alpha value is -0.830. The van der Waals surface area contributed by atoms with E-state index in [1.54, 1.807) is 0 Å². The molecule has 1 rings (SSSR count). The predicted molar refractivity (Wildman–Crippen MR) is 68.5 cm³/mol. The number of nitrogens with zero attached hydrogens (tertiary/aromatic N) is 2. The first-order chi connectivity index (χ1) is 7.34. The lowest BCUT2D eigenvalue weighted by Gasteiger charge is -2.30. The van der Waals surface area contributed by atoms with Gasteiger partial charge in [-0.25, -0.2) is 0 Å². The number of nitrogens with one attached hydrogen (secondary N) is 1. The maximum absolute atomic E-state index is 4.40. The van der Waals surface area contributed by atoms with Crippen molar-refractivity contribution in [2.45, 2.75) is 34.1 Å². The molecule has 0 radical (unpaired) electrons. The van der Waals surface area contributed by atoms with Crippen LogP contribution in [0.15, 0.2) is 6.07 Å². The van der Waals surface area contributed by atoms with Crippen LogP contribution < -0.4 is 5.32 Å². The summed E-state index contributed by atoms with van der Waals surface area (Å²) in [5.74, 6) is 0.632. The van der Waals surface area contributed by atoms with Gasteiger partial charge in [-0.2, -0.15) is 5.10 Å². The third-order valence-corrected chi connectivity index (χ3v) is 3.23. The summed E-state index contributed by atoms with van der Waals surface area (Å²) >= 11 is 0. The fourth-order valence-electron chi connectivity index (χ4n) is 2.04. The zero-order valence-corrected chi connectivity index (χ0v) is 11.5. The maximum atomic E-state index is 4.40. The zero-order valence-electron chi connectivity index (χ0n) is 11.5. The van der Waals surface area contributed by atoms with Gasteiger partial charge in [-0.1, -0.05) is 20.8 Å². The Balaban J connectivity index is 2.79. The number of aryl methyl sites for hydroxylation is 2. The predicted octanol–water partition coefficient (Wildman–Crippen LogP) is 2.15. The lowest BCUT2D eigenvalue weighted by atomic mass is 9.78. The fraction of sp³-hybridized carbons (Fsp3) is 0.769. The number of rotatable bonds is 4. The van der Waals surface area contributed by atoms with Crippen molar-refractivity contribution in [2.75, 3.05) is 13.6 Å². The van der Waals surface area contributed by atoms with E-state index in [2.05, 4.69) is 37.3 Å². The summed E-state index contributed by atoms with van der Waals surface area (Å²) in [5.41, 5.74) is 2.75. The van der Waals surface area contributed by atoms with Crippen LogP contribution in [0.3, 0.4) is 0 Å². The molecule has 1 aromatic rings. The van der Waals surface area contributed by atoms with Crippen LogP contribution in [-0.4, -0.2) is 23.4 Å². The second-order valence-corrected chi connectivity index (χ2v) is 5.73. The average Bonchev–Trinajstić information content (AvgIpc) is 2.43. The molecule has 0 spiro atoms. The molecule has 0 fully saturated rings. The molecule has 0 saturated heterocycles. The van der Waals surface area contributed by atoms with E-state index in [1.165, 1.54) is 5.69 Å². The Morgan fingerprint density at radius 3 is 2.44 bits per heavy atom. The summed E-state index contributed by atoms with van der Waals surface area (Å²) in [5, 5.41) is 7.69. The second kappa shape index (κ2) is 5.00. The highest BCUT2D eigenvalue weighted by molar-refractivity contribution is 5.10. The normalized spacial score (nSPS) is 14.1. The quantitative estimate of drug-likeness (QED) is 0.847. The van der Waals surface area contributed by atoms with Gasteiger partial charge in [-0.05, 0) is 44.3 Å². The monoisotopic (exact) mass is 223 g/mol. The lowest BCUT2D eigenvalue weighted by molar-refractivity contribution is 0.231. The molecule has 3 nitrogen and oxygen atoms in total. The zero-order chi connectivity index (χ0) is 12.3. The van der Waals surface area contributed by atoms with E-state index in [0.717, 1.165) is 18.7 Å². The molecule has 0 saturated carbocycles. The van der Waals surface area contributed by atoms with Crippen molar-refractivity contribution in [3.05, 3.63) is 17.5 Å². The third-order valence-electron chi connectivity index (χ3n) is 3.23. The van der Waals surface area contributed by atoms with E-state index in [4.69, 9.17) is 0 Å². The first-order valence-electron chi connectivity index (χ1n) is 5.98.